The molecule has 1 aliphatic rings. The zero-order valence-electron chi connectivity index (χ0n) is 10.2. The van der Waals surface area contributed by atoms with E-state index in [1.54, 1.807) is 0 Å². The monoisotopic (exact) mass is 340 g/mol. The lowest BCUT2D eigenvalue weighted by Crippen LogP contribution is -2.32. The number of hydrogen-bond acceptors (Lipinski definition) is 5. The third-order valence-corrected chi connectivity index (χ3v) is 3.55. The lowest BCUT2D eigenvalue weighted by atomic mass is 10.1. The van der Waals surface area contributed by atoms with Crippen molar-refractivity contribution in [2.45, 2.75) is 6.42 Å². The molecule has 0 unspecified atom stereocenters. The molecule has 2 amide bonds. The van der Waals surface area contributed by atoms with E-state index in [1.807, 2.05) is 0 Å². The Morgan fingerprint density at radius 3 is 2.50 bits per heavy atom. The van der Waals surface area contributed by atoms with Crippen LogP contribution in [0.2, 0.25) is 0 Å². The molecule has 8 heteroatoms. The fraction of sp³-hybridized carbons (Fsp3) is 0.250. The Bertz CT molecular complexity index is 628. The van der Waals surface area contributed by atoms with Crippen LogP contribution < -0.4 is 0 Å². The number of ketones is 1. The second kappa shape index (κ2) is 5.49. The zero-order chi connectivity index (χ0) is 14.9. The molecule has 0 fully saturated rings. The summed E-state index contributed by atoms with van der Waals surface area (Å²) in [5.74, 6) is -1.26. The van der Waals surface area contributed by atoms with Crippen molar-refractivity contribution in [3.63, 3.8) is 0 Å². The Balaban J connectivity index is 2.26. The molecule has 0 aromatic heterocycles. The highest BCUT2D eigenvalue weighted by Gasteiger charge is 2.36. The number of benzene rings is 1. The maximum absolute atomic E-state index is 12.0. The summed E-state index contributed by atoms with van der Waals surface area (Å²) >= 11 is 3.00. The normalized spacial score (nSPS) is 13.6. The maximum Gasteiger partial charge on any atom is 0.270 e. The number of non-ortho nitro benzene ring substituents is 1. The molecule has 0 saturated carbocycles. The Morgan fingerprint density at radius 1 is 1.25 bits per heavy atom. The van der Waals surface area contributed by atoms with Gasteiger partial charge in [0.15, 0.2) is 0 Å². The van der Waals surface area contributed by atoms with Gasteiger partial charge in [-0.2, -0.15) is 0 Å². The highest BCUT2D eigenvalue weighted by atomic mass is 79.9. The quantitative estimate of drug-likeness (QED) is 0.350. The van der Waals surface area contributed by atoms with Gasteiger partial charge in [0.2, 0.25) is 0 Å². The molecular formula is C12H9BrN2O5. The predicted octanol–water partition coefficient (Wildman–Crippen LogP) is 1.54. The van der Waals surface area contributed by atoms with Gasteiger partial charge in [0.05, 0.1) is 21.4 Å². The number of amides is 2. The molecule has 0 bridgehead atoms. The number of imide groups is 1. The Labute approximate surface area is 121 Å². The second-order valence-electron chi connectivity index (χ2n) is 4.17. The van der Waals surface area contributed by atoms with Gasteiger partial charge < -0.3 is 0 Å². The minimum Gasteiger partial charge on any atom is -0.299 e. The molecule has 1 aromatic carbocycles. The number of Topliss-reactive ketones (excluding diaryl/α,β-unsaturated/α-hetero) is 1. The van der Waals surface area contributed by atoms with Crippen LogP contribution in [-0.2, 0) is 4.79 Å². The number of nitro groups is 1. The molecule has 104 valence electrons. The smallest absolute Gasteiger partial charge is 0.270 e. The van der Waals surface area contributed by atoms with Gasteiger partial charge in [0.1, 0.15) is 5.78 Å². The summed E-state index contributed by atoms with van der Waals surface area (Å²) in [5, 5.41) is 10.8. The third-order valence-electron chi connectivity index (χ3n) is 2.93. The second-order valence-corrected chi connectivity index (χ2v) is 4.73. The number of rotatable bonds is 5. The lowest BCUT2D eigenvalue weighted by molar-refractivity contribution is -0.384. The van der Waals surface area contributed by atoms with E-state index in [4.69, 9.17) is 0 Å². The largest absolute Gasteiger partial charge is 0.299 e. The van der Waals surface area contributed by atoms with Gasteiger partial charge in [-0.15, -0.1) is 0 Å². The first-order valence-electron chi connectivity index (χ1n) is 5.68. The lowest BCUT2D eigenvalue weighted by Gasteiger charge is -2.12. The average molecular weight is 341 g/mol. The van der Waals surface area contributed by atoms with Gasteiger partial charge in [-0.05, 0) is 6.07 Å². The van der Waals surface area contributed by atoms with E-state index in [0.29, 0.717) is 0 Å². The Hall–Kier alpha value is -2.09. The van der Waals surface area contributed by atoms with Gasteiger partial charge >= 0.3 is 0 Å². The van der Waals surface area contributed by atoms with E-state index in [9.17, 15) is 24.5 Å². The molecule has 7 nitrogen and oxygen atoms in total. The fourth-order valence-electron chi connectivity index (χ4n) is 1.90. The van der Waals surface area contributed by atoms with Crippen molar-refractivity contribution in [1.82, 2.24) is 4.90 Å². The number of nitro benzene ring substituents is 1. The molecule has 0 radical (unpaired) electrons. The topological polar surface area (TPSA) is 97.6 Å². The summed E-state index contributed by atoms with van der Waals surface area (Å²) in [5.41, 5.74) is -0.106. The molecule has 0 atom stereocenters. The standard InChI is InChI=1S/C12H9BrN2O5/c13-6-8(16)3-4-14-11(17)9-2-1-7(15(19)20)5-10(9)12(14)18/h1-2,5H,3-4,6H2. The molecular weight excluding hydrogens is 332 g/mol. The molecule has 1 heterocycles. The van der Waals surface area contributed by atoms with Gasteiger partial charge in [0, 0.05) is 25.1 Å². The number of halogens is 1. The highest BCUT2D eigenvalue weighted by Crippen LogP contribution is 2.26. The highest BCUT2D eigenvalue weighted by molar-refractivity contribution is 9.09. The number of carbonyl (C=O) groups is 3. The van der Waals surface area contributed by atoms with E-state index in [1.165, 1.54) is 12.1 Å². The van der Waals surface area contributed by atoms with Gasteiger partial charge in [-0.1, -0.05) is 15.9 Å². The maximum atomic E-state index is 12.0. The van der Waals surface area contributed by atoms with E-state index in [0.717, 1.165) is 11.0 Å². The third kappa shape index (κ3) is 2.46. The van der Waals surface area contributed by atoms with Crippen LogP contribution in [0.5, 0.6) is 0 Å². The van der Waals surface area contributed by atoms with E-state index < -0.39 is 16.7 Å². The number of carbonyl (C=O) groups excluding carboxylic acids is 3. The zero-order valence-corrected chi connectivity index (χ0v) is 11.8. The van der Waals surface area contributed by atoms with E-state index in [2.05, 4.69) is 15.9 Å². The Morgan fingerprint density at radius 2 is 1.90 bits per heavy atom. The van der Waals surface area contributed by atoms with Crippen LogP contribution in [0.25, 0.3) is 0 Å². The van der Waals surface area contributed by atoms with Crippen LogP contribution in [0.3, 0.4) is 0 Å². The molecule has 0 N–H and O–H groups in total. The average Bonchev–Trinajstić information content (AvgIpc) is 2.68. The first-order chi connectivity index (χ1) is 9.45. The van der Waals surface area contributed by atoms with Gasteiger partial charge in [0.25, 0.3) is 17.5 Å². The van der Waals surface area contributed by atoms with E-state index in [-0.39, 0.29) is 40.9 Å². The van der Waals surface area contributed by atoms with Crippen LogP contribution in [0, 0.1) is 10.1 Å². The number of hydrogen-bond donors (Lipinski definition) is 0. The van der Waals surface area contributed by atoms with Crippen molar-refractivity contribution >= 4 is 39.2 Å². The summed E-state index contributed by atoms with van der Waals surface area (Å²) in [7, 11) is 0. The van der Waals surface area contributed by atoms with Gasteiger partial charge in [-0.3, -0.25) is 29.4 Å². The van der Waals surface area contributed by atoms with Crippen molar-refractivity contribution in [3.8, 4) is 0 Å². The van der Waals surface area contributed by atoms with Crippen molar-refractivity contribution in [1.29, 1.82) is 0 Å². The first-order valence-corrected chi connectivity index (χ1v) is 6.80. The van der Waals surface area contributed by atoms with Gasteiger partial charge in [-0.25, -0.2) is 0 Å². The number of nitrogens with zero attached hydrogens (tertiary/aromatic N) is 2. The summed E-state index contributed by atoms with van der Waals surface area (Å²) in [6.45, 7) is -0.0232. The SMILES string of the molecule is O=C(CBr)CCN1C(=O)c2ccc([N+](=O)[O-])cc2C1=O. The predicted molar refractivity (Wildman–Crippen MR) is 71.9 cm³/mol. The molecule has 0 aliphatic carbocycles. The van der Waals surface area contributed by atoms with Crippen LogP contribution in [0.1, 0.15) is 27.1 Å². The number of alkyl halides is 1. The van der Waals surface area contributed by atoms with Crippen LogP contribution in [0.4, 0.5) is 5.69 Å². The summed E-state index contributed by atoms with van der Waals surface area (Å²) in [6, 6.07) is 3.53. The summed E-state index contributed by atoms with van der Waals surface area (Å²) < 4.78 is 0. The minimum absolute atomic E-state index is 0.00971. The van der Waals surface area contributed by atoms with Crippen LogP contribution in [-0.4, -0.2) is 39.3 Å². The molecule has 1 aliphatic heterocycles. The molecule has 1 aromatic rings. The first kappa shape index (κ1) is 14.3. The van der Waals surface area contributed by atoms with Crippen LogP contribution >= 0.6 is 15.9 Å². The summed E-state index contributed by atoms with van der Waals surface area (Å²) in [6.07, 6.45) is 0.0544. The number of fused-ring (bicyclic) bond motifs is 1. The Kier molecular flexibility index (Phi) is 3.93. The van der Waals surface area contributed by atoms with E-state index >= 15 is 0 Å². The van der Waals surface area contributed by atoms with Crippen molar-refractivity contribution in [2.24, 2.45) is 0 Å². The molecule has 0 saturated heterocycles. The molecule has 20 heavy (non-hydrogen) atoms. The fourth-order valence-corrected chi connectivity index (χ4v) is 2.18. The minimum atomic E-state index is -0.630. The van der Waals surface area contributed by atoms with Crippen molar-refractivity contribution < 1.29 is 19.3 Å². The summed E-state index contributed by atoms with van der Waals surface area (Å²) in [4.78, 5) is 46.2. The van der Waals surface area contributed by atoms with Crippen LogP contribution in [0.15, 0.2) is 18.2 Å². The molecule has 2 rings (SSSR count). The molecule has 0 spiro atoms. The van der Waals surface area contributed by atoms with Crippen molar-refractivity contribution in [3.05, 3.63) is 39.4 Å². The van der Waals surface area contributed by atoms with Crippen molar-refractivity contribution in [2.75, 3.05) is 11.9 Å².